The molecule has 2 N–H and O–H groups in total. The summed E-state index contributed by atoms with van der Waals surface area (Å²) in [6, 6.07) is 0.452. The Morgan fingerprint density at radius 3 is 2.50 bits per heavy atom. The van der Waals surface area contributed by atoms with Crippen LogP contribution in [0.5, 0.6) is 0 Å². The molecule has 14 heavy (non-hydrogen) atoms. The van der Waals surface area contributed by atoms with Crippen molar-refractivity contribution in [3.63, 3.8) is 0 Å². The minimum Gasteiger partial charge on any atom is -0.328 e. The fourth-order valence-corrected chi connectivity index (χ4v) is 3.22. The molecule has 0 saturated heterocycles. The van der Waals surface area contributed by atoms with Crippen molar-refractivity contribution < 1.29 is 0 Å². The molecule has 1 aliphatic carbocycles. The van der Waals surface area contributed by atoms with Crippen molar-refractivity contribution in [3.8, 4) is 0 Å². The summed E-state index contributed by atoms with van der Waals surface area (Å²) in [5.74, 6) is 1.66. The maximum absolute atomic E-state index is 6.17. The molecular weight excluding hydrogens is 170 g/mol. The largest absolute Gasteiger partial charge is 0.328 e. The lowest BCUT2D eigenvalue weighted by molar-refractivity contribution is 0.103. The lowest BCUT2D eigenvalue weighted by atomic mass is 9.64. The van der Waals surface area contributed by atoms with Crippen molar-refractivity contribution in [1.82, 2.24) is 0 Å². The van der Waals surface area contributed by atoms with Crippen LogP contribution in [-0.4, -0.2) is 6.04 Å². The normalized spacial score (nSPS) is 39.0. The minimum atomic E-state index is 0.452. The van der Waals surface area contributed by atoms with Gasteiger partial charge in [0, 0.05) is 6.04 Å². The van der Waals surface area contributed by atoms with Crippen molar-refractivity contribution in [2.45, 2.75) is 65.8 Å². The first-order chi connectivity index (χ1) is 6.47. The fraction of sp³-hybridized carbons (Fsp3) is 1.00. The summed E-state index contributed by atoms with van der Waals surface area (Å²) in [6.07, 6.45) is 6.53. The average molecular weight is 197 g/mol. The Kier molecular flexibility index (Phi) is 4.00. The van der Waals surface area contributed by atoms with Gasteiger partial charge in [-0.2, -0.15) is 0 Å². The summed E-state index contributed by atoms with van der Waals surface area (Å²) in [5, 5.41) is 0. The zero-order chi connectivity index (χ0) is 10.8. The van der Waals surface area contributed by atoms with Crippen LogP contribution in [0.2, 0.25) is 0 Å². The Hall–Kier alpha value is -0.0400. The van der Waals surface area contributed by atoms with E-state index in [0.717, 1.165) is 11.8 Å². The van der Waals surface area contributed by atoms with Gasteiger partial charge in [-0.15, -0.1) is 0 Å². The third kappa shape index (κ3) is 2.98. The van der Waals surface area contributed by atoms with Crippen LogP contribution in [0.1, 0.15) is 59.8 Å². The molecule has 1 rings (SSSR count). The summed E-state index contributed by atoms with van der Waals surface area (Å²) >= 11 is 0. The van der Waals surface area contributed by atoms with Crippen molar-refractivity contribution in [2.24, 2.45) is 23.0 Å². The Morgan fingerprint density at radius 1 is 1.36 bits per heavy atom. The van der Waals surface area contributed by atoms with E-state index in [2.05, 4.69) is 27.7 Å². The van der Waals surface area contributed by atoms with Crippen molar-refractivity contribution >= 4 is 0 Å². The fourth-order valence-electron chi connectivity index (χ4n) is 3.22. The standard InChI is InChI=1S/C13H27N/c1-5-6-13(4)8-11(10(2)3)7-12(14)9-13/h10-12H,5-9,14H2,1-4H3. The van der Waals surface area contributed by atoms with E-state index in [-0.39, 0.29) is 0 Å². The smallest absolute Gasteiger partial charge is 0.00467 e. The first kappa shape index (κ1) is 12.0. The number of rotatable bonds is 3. The van der Waals surface area contributed by atoms with Crippen LogP contribution in [-0.2, 0) is 0 Å². The predicted octanol–water partition coefficient (Wildman–Crippen LogP) is 3.58. The monoisotopic (exact) mass is 197 g/mol. The van der Waals surface area contributed by atoms with Crippen LogP contribution in [0.4, 0.5) is 0 Å². The SMILES string of the molecule is CCCC1(C)CC(N)CC(C(C)C)C1. The van der Waals surface area contributed by atoms with E-state index in [0.29, 0.717) is 11.5 Å². The molecule has 0 aromatic carbocycles. The van der Waals surface area contributed by atoms with E-state index in [1.165, 1.54) is 32.1 Å². The van der Waals surface area contributed by atoms with Gasteiger partial charge in [-0.3, -0.25) is 0 Å². The Labute approximate surface area is 89.5 Å². The second kappa shape index (κ2) is 4.65. The van der Waals surface area contributed by atoms with E-state index in [1.54, 1.807) is 0 Å². The zero-order valence-electron chi connectivity index (χ0n) is 10.3. The Balaban J connectivity index is 2.61. The molecule has 1 fully saturated rings. The summed E-state index contributed by atoms with van der Waals surface area (Å²) in [6.45, 7) is 9.41. The second-order valence-corrected chi connectivity index (χ2v) is 5.97. The molecule has 0 bridgehead atoms. The molecule has 0 radical (unpaired) electrons. The van der Waals surface area contributed by atoms with E-state index < -0.39 is 0 Å². The van der Waals surface area contributed by atoms with E-state index in [4.69, 9.17) is 5.73 Å². The van der Waals surface area contributed by atoms with Crippen LogP contribution in [0.25, 0.3) is 0 Å². The van der Waals surface area contributed by atoms with Gasteiger partial charge >= 0.3 is 0 Å². The van der Waals surface area contributed by atoms with Gasteiger partial charge in [-0.1, -0.05) is 34.1 Å². The summed E-state index contributed by atoms with van der Waals surface area (Å²) in [7, 11) is 0. The van der Waals surface area contributed by atoms with Crippen LogP contribution >= 0.6 is 0 Å². The molecular formula is C13H27N. The highest BCUT2D eigenvalue weighted by atomic mass is 14.7. The zero-order valence-corrected chi connectivity index (χ0v) is 10.3. The van der Waals surface area contributed by atoms with Crippen LogP contribution in [0.15, 0.2) is 0 Å². The third-order valence-electron chi connectivity index (χ3n) is 3.91. The highest BCUT2D eigenvalue weighted by molar-refractivity contribution is 4.89. The van der Waals surface area contributed by atoms with E-state index in [1.807, 2.05) is 0 Å². The van der Waals surface area contributed by atoms with E-state index in [9.17, 15) is 0 Å². The molecule has 1 aliphatic rings. The predicted molar refractivity (Wildman–Crippen MR) is 63.2 cm³/mol. The van der Waals surface area contributed by atoms with Gasteiger partial charge in [-0.25, -0.2) is 0 Å². The molecule has 3 unspecified atom stereocenters. The maximum Gasteiger partial charge on any atom is 0.00467 e. The Bertz CT molecular complexity index is 176. The van der Waals surface area contributed by atoms with Crippen molar-refractivity contribution in [3.05, 3.63) is 0 Å². The summed E-state index contributed by atoms with van der Waals surface area (Å²) in [5.41, 5.74) is 6.70. The maximum atomic E-state index is 6.17. The highest BCUT2D eigenvalue weighted by Crippen LogP contribution is 2.44. The van der Waals surface area contributed by atoms with Gasteiger partial charge in [0.2, 0.25) is 0 Å². The lowest BCUT2D eigenvalue weighted by Gasteiger charge is -2.43. The van der Waals surface area contributed by atoms with Gasteiger partial charge in [-0.05, 0) is 42.9 Å². The molecule has 0 spiro atoms. The lowest BCUT2D eigenvalue weighted by Crippen LogP contribution is -2.40. The molecule has 3 atom stereocenters. The molecule has 84 valence electrons. The molecule has 0 amide bonds. The molecule has 0 aliphatic heterocycles. The first-order valence-corrected chi connectivity index (χ1v) is 6.22. The average Bonchev–Trinajstić information content (AvgIpc) is 2.01. The Morgan fingerprint density at radius 2 is 2.00 bits per heavy atom. The molecule has 1 heteroatoms. The van der Waals surface area contributed by atoms with Crippen LogP contribution < -0.4 is 5.73 Å². The van der Waals surface area contributed by atoms with Gasteiger partial charge in [0.05, 0.1) is 0 Å². The van der Waals surface area contributed by atoms with E-state index >= 15 is 0 Å². The van der Waals surface area contributed by atoms with Gasteiger partial charge in [0.1, 0.15) is 0 Å². The molecule has 1 saturated carbocycles. The van der Waals surface area contributed by atoms with Gasteiger partial charge in [0.25, 0.3) is 0 Å². The third-order valence-corrected chi connectivity index (χ3v) is 3.91. The highest BCUT2D eigenvalue weighted by Gasteiger charge is 2.36. The molecule has 0 aromatic heterocycles. The first-order valence-electron chi connectivity index (χ1n) is 6.22. The molecule has 0 heterocycles. The summed E-state index contributed by atoms with van der Waals surface area (Å²) < 4.78 is 0. The quantitative estimate of drug-likeness (QED) is 0.735. The molecule has 1 nitrogen and oxygen atoms in total. The number of nitrogens with two attached hydrogens (primary N) is 1. The minimum absolute atomic E-state index is 0.452. The van der Waals surface area contributed by atoms with Gasteiger partial charge < -0.3 is 5.73 Å². The van der Waals surface area contributed by atoms with Crippen LogP contribution in [0.3, 0.4) is 0 Å². The van der Waals surface area contributed by atoms with Crippen molar-refractivity contribution in [1.29, 1.82) is 0 Å². The topological polar surface area (TPSA) is 26.0 Å². The van der Waals surface area contributed by atoms with Gasteiger partial charge in [0.15, 0.2) is 0 Å². The van der Waals surface area contributed by atoms with Crippen molar-refractivity contribution in [2.75, 3.05) is 0 Å². The van der Waals surface area contributed by atoms with Crippen LogP contribution in [0, 0.1) is 17.3 Å². The number of hydrogen-bond donors (Lipinski definition) is 1. The second-order valence-electron chi connectivity index (χ2n) is 5.97. The summed E-state index contributed by atoms with van der Waals surface area (Å²) in [4.78, 5) is 0. The number of hydrogen-bond acceptors (Lipinski definition) is 1. The molecule has 0 aromatic rings.